The van der Waals surface area contributed by atoms with Gasteiger partial charge in [-0.1, -0.05) is 54.1 Å². The number of benzene rings is 3. The third-order valence-electron chi connectivity index (χ3n) is 4.64. The lowest BCUT2D eigenvalue weighted by Crippen LogP contribution is -2.05. The maximum absolute atomic E-state index is 5.31. The minimum Gasteiger partial charge on any atom is -0.497 e. The molecular weight excluding hydrogens is 338 g/mol. The van der Waals surface area contributed by atoms with Gasteiger partial charge in [-0.15, -0.1) is 11.8 Å². The van der Waals surface area contributed by atoms with Gasteiger partial charge in [-0.2, -0.15) is 0 Å². The summed E-state index contributed by atoms with van der Waals surface area (Å²) in [6.07, 6.45) is 0.898. The molecule has 3 aromatic carbocycles. The molecule has 0 saturated carbocycles. The molecule has 0 bridgehead atoms. The van der Waals surface area contributed by atoms with Crippen molar-refractivity contribution in [3.8, 4) is 5.75 Å². The van der Waals surface area contributed by atoms with Crippen LogP contribution in [0.2, 0.25) is 0 Å². The van der Waals surface area contributed by atoms with E-state index in [1.807, 2.05) is 23.9 Å². The largest absolute Gasteiger partial charge is 0.497 e. The van der Waals surface area contributed by atoms with E-state index in [1.54, 1.807) is 7.11 Å². The fourth-order valence-corrected chi connectivity index (χ4v) is 4.38. The van der Waals surface area contributed by atoms with Crippen LogP contribution >= 0.6 is 11.8 Å². The van der Waals surface area contributed by atoms with Crippen LogP contribution in [0, 0.1) is 6.92 Å². The highest BCUT2D eigenvalue weighted by molar-refractivity contribution is 7.99. The van der Waals surface area contributed by atoms with Gasteiger partial charge in [0.15, 0.2) is 0 Å². The second-order valence-corrected chi connectivity index (χ2v) is 7.72. The summed E-state index contributed by atoms with van der Waals surface area (Å²) in [4.78, 5) is 6.25. The van der Waals surface area contributed by atoms with Gasteiger partial charge in [0.25, 0.3) is 0 Å². The zero-order valence-electron chi connectivity index (χ0n) is 15.0. The molecule has 0 unspecified atom stereocenters. The number of rotatable bonds is 3. The summed E-state index contributed by atoms with van der Waals surface area (Å²) in [6.45, 7) is 2.12. The van der Waals surface area contributed by atoms with E-state index in [0.717, 1.165) is 23.6 Å². The van der Waals surface area contributed by atoms with Gasteiger partial charge < -0.3 is 4.74 Å². The Labute approximate surface area is 158 Å². The van der Waals surface area contributed by atoms with E-state index in [-0.39, 0.29) is 0 Å². The van der Waals surface area contributed by atoms with Gasteiger partial charge in [0, 0.05) is 22.3 Å². The molecule has 0 aromatic heterocycles. The molecule has 4 rings (SSSR count). The fourth-order valence-electron chi connectivity index (χ4n) is 3.14. The summed E-state index contributed by atoms with van der Waals surface area (Å²) >= 11 is 1.89. The van der Waals surface area contributed by atoms with Gasteiger partial charge in [-0.3, -0.25) is 4.99 Å². The van der Waals surface area contributed by atoms with Crippen molar-refractivity contribution in [2.24, 2.45) is 4.99 Å². The second kappa shape index (κ2) is 7.38. The van der Waals surface area contributed by atoms with E-state index in [1.165, 1.54) is 21.6 Å². The highest BCUT2D eigenvalue weighted by Crippen LogP contribution is 2.45. The van der Waals surface area contributed by atoms with Crippen molar-refractivity contribution in [1.29, 1.82) is 0 Å². The first-order valence-corrected chi connectivity index (χ1v) is 9.65. The molecule has 130 valence electrons. The molecule has 26 heavy (non-hydrogen) atoms. The average molecular weight is 359 g/mol. The van der Waals surface area contributed by atoms with Gasteiger partial charge in [-0.05, 0) is 42.3 Å². The van der Waals surface area contributed by atoms with Crippen LogP contribution in [0.15, 0.2) is 82.7 Å². The first-order valence-electron chi connectivity index (χ1n) is 8.77. The number of fused-ring (bicyclic) bond motifs is 1. The number of aryl methyl sites for hydroxylation is 1. The predicted octanol–water partition coefficient (Wildman–Crippen LogP) is 6.36. The molecule has 0 fully saturated rings. The number of methoxy groups -OCH3 is 1. The number of nitrogens with zero attached hydrogens (tertiary/aromatic N) is 1. The van der Waals surface area contributed by atoms with Crippen molar-refractivity contribution in [2.75, 3.05) is 7.11 Å². The molecule has 0 amide bonds. The minimum atomic E-state index is 0.324. The Bertz CT molecular complexity index is 929. The van der Waals surface area contributed by atoms with Crippen LogP contribution in [0.3, 0.4) is 0 Å². The van der Waals surface area contributed by atoms with E-state index >= 15 is 0 Å². The van der Waals surface area contributed by atoms with Crippen molar-refractivity contribution >= 4 is 23.2 Å². The quantitative estimate of drug-likeness (QED) is 0.542. The SMILES string of the molecule is COc1ccc([C@@H]2CC(c3ccc(C)cc3)=Nc3ccccc3S2)cc1. The molecule has 1 atom stereocenters. The molecule has 0 spiro atoms. The van der Waals surface area contributed by atoms with Gasteiger partial charge in [0.1, 0.15) is 5.75 Å². The average Bonchev–Trinajstić information content (AvgIpc) is 2.88. The highest BCUT2D eigenvalue weighted by atomic mass is 32.2. The zero-order valence-corrected chi connectivity index (χ0v) is 15.8. The maximum Gasteiger partial charge on any atom is 0.118 e. The second-order valence-electron chi connectivity index (χ2n) is 6.48. The lowest BCUT2D eigenvalue weighted by molar-refractivity contribution is 0.414. The Morgan fingerprint density at radius 3 is 2.38 bits per heavy atom. The number of hydrogen-bond acceptors (Lipinski definition) is 3. The lowest BCUT2D eigenvalue weighted by atomic mass is 10.0. The third-order valence-corrected chi connectivity index (χ3v) is 5.96. The summed E-state index contributed by atoms with van der Waals surface area (Å²) in [5.41, 5.74) is 5.97. The highest BCUT2D eigenvalue weighted by Gasteiger charge is 2.22. The molecule has 0 aliphatic carbocycles. The Hall–Kier alpha value is -2.52. The molecule has 0 saturated heterocycles. The molecular formula is C23H21NOS. The number of thioether (sulfide) groups is 1. The number of para-hydroxylation sites is 1. The molecule has 2 nitrogen and oxygen atoms in total. The summed E-state index contributed by atoms with van der Waals surface area (Å²) in [6, 6.07) is 25.5. The fraction of sp³-hybridized carbons (Fsp3) is 0.174. The van der Waals surface area contributed by atoms with Crippen LogP contribution in [0.4, 0.5) is 5.69 Å². The number of hydrogen-bond donors (Lipinski definition) is 0. The Kier molecular flexibility index (Phi) is 4.81. The lowest BCUT2D eigenvalue weighted by Gasteiger charge is -2.16. The molecule has 1 heterocycles. The molecule has 3 aromatic rings. The van der Waals surface area contributed by atoms with Crippen LogP contribution in [-0.4, -0.2) is 12.8 Å². The molecule has 1 aliphatic rings. The van der Waals surface area contributed by atoms with Crippen molar-refractivity contribution in [2.45, 2.75) is 23.5 Å². The minimum absolute atomic E-state index is 0.324. The van der Waals surface area contributed by atoms with Crippen molar-refractivity contribution in [3.63, 3.8) is 0 Å². The molecule has 0 N–H and O–H groups in total. The topological polar surface area (TPSA) is 21.6 Å². The molecule has 3 heteroatoms. The summed E-state index contributed by atoms with van der Waals surface area (Å²) in [5.74, 6) is 0.889. The summed E-state index contributed by atoms with van der Waals surface area (Å²) in [5, 5.41) is 0.324. The monoisotopic (exact) mass is 359 g/mol. The Balaban J connectivity index is 1.75. The van der Waals surface area contributed by atoms with Crippen LogP contribution in [0.5, 0.6) is 5.75 Å². The number of ether oxygens (including phenoxy) is 1. The van der Waals surface area contributed by atoms with Gasteiger partial charge in [0.2, 0.25) is 0 Å². The van der Waals surface area contributed by atoms with Crippen molar-refractivity contribution in [3.05, 3.63) is 89.5 Å². The Morgan fingerprint density at radius 2 is 1.65 bits per heavy atom. The number of aliphatic imine (C=N–C) groups is 1. The van der Waals surface area contributed by atoms with Crippen LogP contribution in [-0.2, 0) is 0 Å². The predicted molar refractivity (Wildman–Crippen MR) is 110 cm³/mol. The van der Waals surface area contributed by atoms with Crippen molar-refractivity contribution < 1.29 is 4.74 Å². The van der Waals surface area contributed by atoms with E-state index in [0.29, 0.717) is 5.25 Å². The van der Waals surface area contributed by atoms with Crippen molar-refractivity contribution in [1.82, 2.24) is 0 Å². The molecule has 1 aliphatic heterocycles. The van der Waals surface area contributed by atoms with E-state index in [9.17, 15) is 0 Å². The van der Waals surface area contributed by atoms with Crippen LogP contribution in [0.1, 0.15) is 28.4 Å². The normalized spacial score (nSPS) is 16.4. The summed E-state index contributed by atoms with van der Waals surface area (Å²) < 4.78 is 5.31. The van der Waals surface area contributed by atoms with Crippen LogP contribution < -0.4 is 4.74 Å². The maximum atomic E-state index is 5.31. The standard InChI is InChI=1S/C23H21NOS/c1-16-7-9-17(10-8-16)21-15-23(18-11-13-19(25-2)14-12-18)26-22-6-4-3-5-20(22)24-21/h3-14,23H,15H2,1-2H3/t23-/m0/s1. The summed E-state index contributed by atoms with van der Waals surface area (Å²) in [7, 11) is 1.70. The van der Waals surface area contributed by atoms with E-state index < -0.39 is 0 Å². The smallest absolute Gasteiger partial charge is 0.118 e. The van der Waals surface area contributed by atoms with Crippen LogP contribution in [0.25, 0.3) is 0 Å². The zero-order chi connectivity index (χ0) is 17.9. The van der Waals surface area contributed by atoms with Gasteiger partial charge >= 0.3 is 0 Å². The first kappa shape index (κ1) is 16.9. The molecule has 0 radical (unpaired) electrons. The van der Waals surface area contributed by atoms with E-state index in [4.69, 9.17) is 9.73 Å². The van der Waals surface area contributed by atoms with Gasteiger partial charge in [0.05, 0.1) is 12.8 Å². The van der Waals surface area contributed by atoms with Gasteiger partial charge in [-0.25, -0.2) is 0 Å². The Morgan fingerprint density at radius 1 is 0.923 bits per heavy atom. The third kappa shape index (κ3) is 3.54. The first-order chi connectivity index (χ1) is 12.7. The van der Waals surface area contributed by atoms with E-state index in [2.05, 4.69) is 67.6 Å².